The molecule has 0 radical (unpaired) electrons. The van der Waals surface area contributed by atoms with Crippen LogP contribution in [0, 0.1) is 0 Å². The van der Waals surface area contributed by atoms with Gasteiger partial charge in [-0.3, -0.25) is 4.79 Å². The maximum atomic E-state index is 12.6. The van der Waals surface area contributed by atoms with E-state index in [0.717, 1.165) is 15.4 Å². The van der Waals surface area contributed by atoms with E-state index < -0.39 is 0 Å². The number of phenolic OH excluding ortho intramolecular Hbond substituents is 1. The van der Waals surface area contributed by atoms with Gasteiger partial charge in [-0.2, -0.15) is 0 Å². The lowest BCUT2D eigenvalue weighted by molar-refractivity contribution is 0.104. The number of para-hydroxylation sites is 1. The lowest BCUT2D eigenvalue weighted by Crippen LogP contribution is -1.96. The average molecular weight is 367 g/mol. The molecule has 0 bridgehead atoms. The van der Waals surface area contributed by atoms with Crippen LogP contribution in [-0.2, 0) is 0 Å². The number of aromatic hydroxyl groups is 1. The van der Waals surface area contributed by atoms with E-state index in [-0.39, 0.29) is 17.1 Å². The van der Waals surface area contributed by atoms with Gasteiger partial charge in [-0.25, -0.2) is 0 Å². The molecule has 3 aromatic rings. The zero-order valence-corrected chi connectivity index (χ0v) is 14.8. The van der Waals surface area contributed by atoms with E-state index in [1.165, 1.54) is 17.8 Å². The molecular formula is C21H15ClO2S. The Hall–Kier alpha value is -2.49. The third kappa shape index (κ3) is 4.53. The Kier molecular flexibility index (Phi) is 5.59. The molecule has 2 nitrogen and oxygen atoms in total. The van der Waals surface area contributed by atoms with Crippen LogP contribution < -0.4 is 0 Å². The van der Waals surface area contributed by atoms with Crippen molar-refractivity contribution in [3.63, 3.8) is 0 Å². The molecule has 4 heteroatoms. The molecule has 0 atom stereocenters. The first kappa shape index (κ1) is 17.3. The number of benzene rings is 3. The van der Waals surface area contributed by atoms with Crippen LogP contribution in [0.4, 0.5) is 0 Å². The molecule has 0 aromatic heterocycles. The number of allylic oxidation sites excluding steroid dienone is 1. The molecule has 3 aromatic carbocycles. The first-order valence-corrected chi connectivity index (χ1v) is 8.86. The Morgan fingerprint density at radius 1 is 0.880 bits per heavy atom. The summed E-state index contributed by atoms with van der Waals surface area (Å²) in [7, 11) is 0. The Balaban J connectivity index is 1.97. The van der Waals surface area contributed by atoms with Crippen molar-refractivity contribution in [2.45, 2.75) is 4.90 Å². The van der Waals surface area contributed by atoms with Gasteiger partial charge in [0.25, 0.3) is 0 Å². The third-order valence-electron chi connectivity index (χ3n) is 3.53. The highest BCUT2D eigenvalue weighted by atomic mass is 35.5. The minimum absolute atomic E-state index is 0.0207. The summed E-state index contributed by atoms with van der Waals surface area (Å²) in [5, 5.41) is 10.6. The van der Waals surface area contributed by atoms with Gasteiger partial charge in [0, 0.05) is 20.9 Å². The molecule has 0 aliphatic rings. The largest absolute Gasteiger partial charge is 0.507 e. The van der Waals surface area contributed by atoms with Gasteiger partial charge < -0.3 is 5.11 Å². The molecule has 3 rings (SSSR count). The standard InChI is InChI=1S/C21H15ClO2S/c22-16-10-12-17(13-11-16)25-21(15-6-2-1-3-7-15)14-20(24)18-8-4-5-9-19(18)23/h1-14,23H/b21-14-. The zero-order chi connectivity index (χ0) is 17.6. The summed E-state index contributed by atoms with van der Waals surface area (Å²) in [6.45, 7) is 0. The number of hydrogen-bond acceptors (Lipinski definition) is 3. The predicted octanol–water partition coefficient (Wildman–Crippen LogP) is 6.06. The smallest absolute Gasteiger partial charge is 0.190 e. The molecule has 0 aliphatic heterocycles. The van der Waals surface area contributed by atoms with Gasteiger partial charge in [0.15, 0.2) is 5.78 Å². The van der Waals surface area contributed by atoms with Gasteiger partial charge in [-0.15, -0.1) is 0 Å². The molecule has 0 saturated heterocycles. The van der Waals surface area contributed by atoms with Crippen molar-refractivity contribution in [2.75, 3.05) is 0 Å². The van der Waals surface area contributed by atoms with Crippen molar-refractivity contribution in [3.05, 3.63) is 101 Å². The third-order valence-corrected chi connectivity index (χ3v) is 4.86. The van der Waals surface area contributed by atoms with Gasteiger partial charge in [-0.1, -0.05) is 65.8 Å². The van der Waals surface area contributed by atoms with E-state index in [0.29, 0.717) is 5.02 Å². The predicted molar refractivity (Wildman–Crippen MR) is 104 cm³/mol. The average Bonchev–Trinajstić information content (AvgIpc) is 2.64. The molecule has 124 valence electrons. The van der Waals surface area contributed by atoms with Crippen LogP contribution in [0.1, 0.15) is 15.9 Å². The van der Waals surface area contributed by atoms with E-state index >= 15 is 0 Å². The second-order valence-corrected chi connectivity index (χ2v) is 6.86. The number of ketones is 1. The lowest BCUT2D eigenvalue weighted by Gasteiger charge is -2.08. The van der Waals surface area contributed by atoms with Crippen LogP contribution in [0.25, 0.3) is 4.91 Å². The van der Waals surface area contributed by atoms with E-state index in [1.54, 1.807) is 24.3 Å². The summed E-state index contributed by atoms with van der Waals surface area (Å²) in [6.07, 6.45) is 1.56. The summed E-state index contributed by atoms with van der Waals surface area (Å²) in [5.41, 5.74) is 1.22. The van der Waals surface area contributed by atoms with Crippen LogP contribution in [0.3, 0.4) is 0 Å². The second kappa shape index (κ2) is 8.06. The highest BCUT2D eigenvalue weighted by molar-refractivity contribution is 8.08. The Morgan fingerprint density at radius 3 is 2.20 bits per heavy atom. The molecule has 0 saturated carbocycles. The molecule has 0 fully saturated rings. The van der Waals surface area contributed by atoms with E-state index in [1.807, 2.05) is 54.6 Å². The number of halogens is 1. The number of hydrogen-bond donors (Lipinski definition) is 1. The van der Waals surface area contributed by atoms with Crippen LogP contribution in [-0.4, -0.2) is 10.9 Å². The highest BCUT2D eigenvalue weighted by Crippen LogP contribution is 2.35. The van der Waals surface area contributed by atoms with Crippen LogP contribution in [0.15, 0.2) is 89.8 Å². The topological polar surface area (TPSA) is 37.3 Å². The maximum Gasteiger partial charge on any atom is 0.190 e. The lowest BCUT2D eigenvalue weighted by atomic mass is 10.1. The number of carbonyl (C=O) groups excluding carboxylic acids is 1. The van der Waals surface area contributed by atoms with Gasteiger partial charge in [0.05, 0.1) is 5.56 Å². The minimum Gasteiger partial charge on any atom is -0.507 e. The van der Waals surface area contributed by atoms with Gasteiger partial charge >= 0.3 is 0 Å². The van der Waals surface area contributed by atoms with Crippen LogP contribution in [0.5, 0.6) is 5.75 Å². The second-order valence-electron chi connectivity index (χ2n) is 5.31. The van der Waals surface area contributed by atoms with E-state index in [4.69, 9.17) is 11.6 Å². The monoisotopic (exact) mass is 366 g/mol. The van der Waals surface area contributed by atoms with E-state index in [9.17, 15) is 9.90 Å². The molecule has 0 aliphatic carbocycles. The highest BCUT2D eigenvalue weighted by Gasteiger charge is 2.12. The molecular weight excluding hydrogens is 352 g/mol. The molecule has 1 N–H and O–H groups in total. The van der Waals surface area contributed by atoms with Gasteiger partial charge in [0.2, 0.25) is 0 Å². The fourth-order valence-corrected chi connectivity index (χ4v) is 3.35. The molecule has 0 spiro atoms. The van der Waals surface area contributed by atoms with Crippen molar-refractivity contribution in [2.24, 2.45) is 0 Å². The summed E-state index contributed by atoms with van der Waals surface area (Å²) >= 11 is 7.42. The zero-order valence-electron chi connectivity index (χ0n) is 13.2. The Morgan fingerprint density at radius 2 is 1.52 bits per heavy atom. The van der Waals surface area contributed by atoms with Crippen LogP contribution in [0.2, 0.25) is 5.02 Å². The molecule has 0 amide bonds. The minimum atomic E-state index is -0.238. The number of phenols is 1. The summed E-state index contributed by atoms with van der Waals surface area (Å²) in [6, 6.07) is 23.7. The Labute approximate surface area is 155 Å². The van der Waals surface area contributed by atoms with Crippen molar-refractivity contribution >= 4 is 34.1 Å². The van der Waals surface area contributed by atoms with Crippen molar-refractivity contribution in [1.29, 1.82) is 0 Å². The van der Waals surface area contributed by atoms with Crippen molar-refractivity contribution in [3.8, 4) is 5.75 Å². The van der Waals surface area contributed by atoms with Crippen molar-refractivity contribution < 1.29 is 9.90 Å². The van der Waals surface area contributed by atoms with Crippen molar-refractivity contribution in [1.82, 2.24) is 0 Å². The number of carbonyl (C=O) groups is 1. The summed E-state index contributed by atoms with van der Waals surface area (Å²) in [4.78, 5) is 14.4. The fourth-order valence-electron chi connectivity index (χ4n) is 2.28. The normalized spacial score (nSPS) is 11.3. The molecule has 25 heavy (non-hydrogen) atoms. The molecule has 0 heterocycles. The van der Waals surface area contributed by atoms with Gasteiger partial charge in [0.1, 0.15) is 5.75 Å². The molecule has 0 unspecified atom stereocenters. The van der Waals surface area contributed by atoms with E-state index in [2.05, 4.69) is 0 Å². The van der Waals surface area contributed by atoms with Crippen LogP contribution >= 0.6 is 23.4 Å². The Bertz CT molecular complexity index is 903. The number of rotatable bonds is 5. The summed E-state index contributed by atoms with van der Waals surface area (Å²) < 4.78 is 0. The quantitative estimate of drug-likeness (QED) is 0.338. The summed E-state index contributed by atoms with van der Waals surface area (Å²) in [5.74, 6) is -0.258. The van der Waals surface area contributed by atoms with Gasteiger partial charge in [-0.05, 0) is 42.0 Å². The maximum absolute atomic E-state index is 12.6. The SMILES string of the molecule is O=C(/C=C(\Sc1ccc(Cl)cc1)c1ccccc1)c1ccccc1O. The number of thioether (sulfide) groups is 1. The fraction of sp³-hybridized carbons (Fsp3) is 0. The first-order chi connectivity index (χ1) is 12.1. The first-order valence-electron chi connectivity index (χ1n) is 7.66.